The van der Waals surface area contributed by atoms with Crippen LogP contribution >= 0.6 is 0 Å². The van der Waals surface area contributed by atoms with Crippen LogP contribution in [0.3, 0.4) is 0 Å². The molecule has 0 saturated carbocycles. The highest BCUT2D eigenvalue weighted by atomic mass is 15.2. The summed E-state index contributed by atoms with van der Waals surface area (Å²) in [5.74, 6) is 0. The lowest BCUT2D eigenvalue weighted by molar-refractivity contribution is 0.136. The summed E-state index contributed by atoms with van der Waals surface area (Å²) < 4.78 is 0. The normalized spacial score (nSPS) is 17.9. The third kappa shape index (κ3) is 2.08. The van der Waals surface area contributed by atoms with E-state index in [2.05, 4.69) is 36.3 Å². The lowest BCUT2D eigenvalue weighted by atomic mass is 10.0. The van der Waals surface area contributed by atoms with Gasteiger partial charge in [0, 0.05) is 25.2 Å². The van der Waals surface area contributed by atoms with Crippen molar-refractivity contribution in [2.45, 2.75) is 19.0 Å². The van der Waals surface area contributed by atoms with Crippen molar-refractivity contribution in [2.24, 2.45) is 0 Å². The van der Waals surface area contributed by atoms with Crippen molar-refractivity contribution in [1.29, 1.82) is 5.26 Å². The summed E-state index contributed by atoms with van der Waals surface area (Å²) in [7, 11) is 2.15. The fraction of sp³-hybridized carbons (Fsp3) is 0.462. The van der Waals surface area contributed by atoms with Gasteiger partial charge in [-0.2, -0.15) is 5.26 Å². The van der Waals surface area contributed by atoms with E-state index in [9.17, 15) is 0 Å². The Bertz CT molecular complexity index is 404. The maximum Gasteiger partial charge on any atom is 0.0991 e. The van der Waals surface area contributed by atoms with Gasteiger partial charge in [-0.1, -0.05) is 12.1 Å². The van der Waals surface area contributed by atoms with E-state index in [0.717, 1.165) is 18.7 Å². The largest absolute Gasteiger partial charge is 0.314 e. The molecule has 2 rings (SSSR count). The zero-order valence-electron chi connectivity index (χ0n) is 9.77. The van der Waals surface area contributed by atoms with Crippen LogP contribution in [0.2, 0.25) is 0 Å². The molecule has 1 atom stereocenters. The summed E-state index contributed by atoms with van der Waals surface area (Å²) in [5, 5.41) is 12.2. The van der Waals surface area contributed by atoms with E-state index in [-0.39, 0.29) is 0 Å². The molecule has 1 unspecified atom stereocenters. The molecule has 84 valence electrons. The molecule has 1 saturated heterocycles. The molecule has 1 aromatic rings. The number of nitrogens with one attached hydrogen (secondary N) is 1. The van der Waals surface area contributed by atoms with Crippen LogP contribution in [-0.4, -0.2) is 31.1 Å². The number of likely N-dealkylation sites (N-methyl/N-ethyl adjacent to an activating group) is 1. The Morgan fingerprint density at radius 2 is 2.25 bits per heavy atom. The summed E-state index contributed by atoms with van der Waals surface area (Å²) in [6.07, 6.45) is 0. The summed E-state index contributed by atoms with van der Waals surface area (Å²) in [5.41, 5.74) is 1.96. The summed E-state index contributed by atoms with van der Waals surface area (Å²) in [6, 6.07) is 11.0. The zero-order valence-corrected chi connectivity index (χ0v) is 9.77. The van der Waals surface area contributed by atoms with Crippen molar-refractivity contribution >= 4 is 0 Å². The van der Waals surface area contributed by atoms with Crippen LogP contribution in [0.15, 0.2) is 24.3 Å². The third-order valence-corrected chi connectivity index (χ3v) is 3.44. The van der Waals surface area contributed by atoms with Gasteiger partial charge in [-0.05, 0) is 31.7 Å². The molecule has 0 aromatic heterocycles. The number of benzene rings is 1. The highest BCUT2D eigenvalue weighted by molar-refractivity contribution is 5.34. The highest BCUT2D eigenvalue weighted by Crippen LogP contribution is 2.22. The lowest BCUT2D eigenvalue weighted by Crippen LogP contribution is -2.56. The topological polar surface area (TPSA) is 39.1 Å². The first-order valence-electron chi connectivity index (χ1n) is 5.65. The Balaban J connectivity index is 2.13. The molecule has 3 heteroatoms. The molecule has 0 aliphatic carbocycles. The second-order valence-electron chi connectivity index (χ2n) is 4.39. The Morgan fingerprint density at radius 3 is 2.81 bits per heavy atom. The van der Waals surface area contributed by atoms with E-state index in [1.165, 1.54) is 5.56 Å². The van der Waals surface area contributed by atoms with Gasteiger partial charge in [0.2, 0.25) is 0 Å². The van der Waals surface area contributed by atoms with Crippen LogP contribution in [0.4, 0.5) is 0 Å². The van der Waals surface area contributed by atoms with Gasteiger partial charge in [-0.25, -0.2) is 0 Å². The van der Waals surface area contributed by atoms with Gasteiger partial charge in [0.15, 0.2) is 0 Å². The molecule has 1 aromatic carbocycles. The first kappa shape index (κ1) is 11.1. The predicted molar refractivity (Wildman–Crippen MR) is 64.0 cm³/mol. The molecular formula is C13H17N3. The first-order chi connectivity index (χ1) is 7.72. The van der Waals surface area contributed by atoms with Crippen LogP contribution in [0.5, 0.6) is 0 Å². The molecule has 16 heavy (non-hydrogen) atoms. The van der Waals surface area contributed by atoms with Crippen LogP contribution in [-0.2, 0) is 0 Å². The molecule has 0 bridgehead atoms. The maximum absolute atomic E-state index is 8.88. The van der Waals surface area contributed by atoms with Gasteiger partial charge in [0.25, 0.3) is 0 Å². The van der Waals surface area contributed by atoms with Gasteiger partial charge >= 0.3 is 0 Å². The average molecular weight is 215 g/mol. The lowest BCUT2D eigenvalue weighted by Gasteiger charge is -2.39. The fourth-order valence-corrected chi connectivity index (χ4v) is 1.98. The molecule has 3 nitrogen and oxygen atoms in total. The monoisotopic (exact) mass is 215 g/mol. The molecule has 1 heterocycles. The van der Waals surface area contributed by atoms with Crippen LogP contribution in [0.25, 0.3) is 0 Å². The van der Waals surface area contributed by atoms with Gasteiger partial charge in [0.1, 0.15) is 0 Å². The molecule has 1 aliphatic rings. The minimum atomic E-state index is 0.361. The summed E-state index contributed by atoms with van der Waals surface area (Å²) in [4.78, 5) is 2.37. The van der Waals surface area contributed by atoms with E-state index < -0.39 is 0 Å². The van der Waals surface area contributed by atoms with Gasteiger partial charge < -0.3 is 5.32 Å². The van der Waals surface area contributed by atoms with E-state index >= 15 is 0 Å². The van der Waals surface area contributed by atoms with Crippen LogP contribution in [0, 0.1) is 11.3 Å². The Hall–Kier alpha value is -1.37. The van der Waals surface area contributed by atoms with Crippen molar-refractivity contribution in [3.63, 3.8) is 0 Å². The van der Waals surface area contributed by atoms with Crippen LogP contribution < -0.4 is 5.32 Å². The number of nitrogens with zero attached hydrogens (tertiary/aromatic N) is 2. The smallest absolute Gasteiger partial charge is 0.0991 e. The summed E-state index contributed by atoms with van der Waals surface area (Å²) in [6.45, 7) is 4.33. The van der Waals surface area contributed by atoms with Crippen LogP contribution in [0.1, 0.15) is 24.1 Å². The first-order valence-corrected chi connectivity index (χ1v) is 5.65. The Labute approximate surface area is 96.7 Å². The third-order valence-electron chi connectivity index (χ3n) is 3.44. The van der Waals surface area contributed by atoms with E-state index in [1.54, 1.807) is 0 Å². The molecule has 1 N–H and O–H groups in total. The minimum Gasteiger partial charge on any atom is -0.314 e. The second-order valence-corrected chi connectivity index (χ2v) is 4.39. The van der Waals surface area contributed by atoms with Gasteiger partial charge in [-0.15, -0.1) is 0 Å². The van der Waals surface area contributed by atoms with Gasteiger partial charge in [0.05, 0.1) is 11.6 Å². The molecule has 0 amide bonds. The molecule has 1 fully saturated rings. The number of nitriles is 1. The summed E-state index contributed by atoms with van der Waals surface area (Å²) >= 11 is 0. The van der Waals surface area contributed by atoms with E-state index in [0.29, 0.717) is 12.1 Å². The standard InChI is InChI=1S/C13H17N3/c1-10(16(2)13-8-15-9-13)12-5-3-4-11(6-12)7-14/h3-6,10,13,15H,8-9H2,1-2H3. The fourth-order valence-electron chi connectivity index (χ4n) is 1.98. The number of rotatable bonds is 3. The quantitative estimate of drug-likeness (QED) is 0.831. The second kappa shape index (κ2) is 4.65. The highest BCUT2D eigenvalue weighted by Gasteiger charge is 2.25. The van der Waals surface area contributed by atoms with E-state index in [1.807, 2.05) is 18.2 Å². The van der Waals surface area contributed by atoms with E-state index in [4.69, 9.17) is 5.26 Å². The van der Waals surface area contributed by atoms with Crippen molar-refractivity contribution in [1.82, 2.24) is 10.2 Å². The van der Waals surface area contributed by atoms with Gasteiger partial charge in [-0.3, -0.25) is 4.90 Å². The molecule has 0 radical (unpaired) electrons. The average Bonchev–Trinajstić information content (AvgIpc) is 2.25. The number of hydrogen-bond donors (Lipinski definition) is 1. The molecular weight excluding hydrogens is 198 g/mol. The zero-order chi connectivity index (χ0) is 11.5. The van der Waals surface area contributed by atoms with Crippen molar-refractivity contribution in [3.8, 4) is 6.07 Å². The van der Waals surface area contributed by atoms with Crippen molar-refractivity contribution in [3.05, 3.63) is 35.4 Å². The Morgan fingerprint density at radius 1 is 1.50 bits per heavy atom. The number of hydrogen-bond acceptors (Lipinski definition) is 3. The maximum atomic E-state index is 8.88. The van der Waals surface area contributed by atoms with Crippen molar-refractivity contribution < 1.29 is 0 Å². The molecule has 1 aliphatic heterocycles. The Kier molecular flexibility index (Phi) is 3.23. The predicted octanol–water partition coefficient (Wildman–Crippen LogP) is 1.52. The SMILES string of the molecule is CC(c1cccc(C#N)c1)N(C)C1CNC1. The molecule has 0 spiro atoms. The minimum absolute atomic E-state index is 0.361. The van der Waals surface area contributed by atoms with Crippen molar-refractivity contribution in [2.75, 3.05) is 20.1 Å².